The van der Waals surface area contributed by atoms with Crippen LogP contribution in [-0.2, 0) is 27.1 Å². The number of fused-ring (bicyclic) bond motifs is 12. The van der Waals surface area contributed by atoms with Crippen LogP contribution in [0.3, 0.4) is 0 Å². The van der Waals surface area contributed by atoms with Crippen LogP contribution < -0.4 is 25.5 Å². The standard InChI is InChI=1S/C67H77BN2OS/c1-38-31-52-57-53(32-38)70(50-21-18-22-54-56(50)40-19-17-20-43(59(40)71-54)61(2,3)4)51-36-47-46(65(11,12)28-29-66(47,13)14)35-49(51)68(57)60-58(41-34-45-48(37-55(41)72-60)67(15,16)30-27-64(45,9)10)69(52)39-23-24-42-44(33-39)63(7,8)26-25-62(42,5)6/h17-22,24,31-37,39H,23,25-30H2,1-16H3. The Morgan fingerprint density at radius 3 is 1.85 bits per heavy atom. The number of allylic oxidation sites excluding steroid dienone is 2. The zero-order valence-corrected chi connectivity index (χ0v) is 47.2. The monoisotopic (exact) mass is 969 g/mol. The third-order valence-corrected chi connectivity index (χ3v) is 20.9. The first-order valence-corrected chi connectivity index (χ1v) is 28.4. The number of benzene rings is 5. The Morgan fingerprint density at radius 2 is 1.18 bits per heavy atom. The fraction of sp³-hybridized carbons (Fsp3) is 0.463. The van der Waals surface area contributed by atoms with E-state index in [0.29, 0.717) is 0 Å². The highest BCUT2D eigenvalue weighted by molar-refractivity contribution is 7.33. The molecule has 0 radical (unpaired) electrons. The first-order valence-electron chi connectivity index (χ1n) is 27.6. The van der Waals surface area contributed by atoms with Gasteiger partial charge in [-0.2, -0.15) is 0 Å². The molecule has 72 heavy (non-hydrogen) atoms. The largest absolute Gasteiger partial charge is 0.456 e. The molecule has 5 heteroatoms. The summed E-state index contributed by atoms with van der Waals surface area (Å²) in [5.74, 6) is 0. The number of anilines is 5. The molecule has 5 aromatic carbocycles. The van der Waals surface area contributed by atoms with E-state index in [1.807, 2.05) is 0 Å². The summed E-state index contributed by atoms with van der Waals surface area (Å²) >= 11 is 2.10. The van der Waals surface area contributed by atoms with Crippen molar-refractivity contribution >= 4 is 94.2 Å². The Hall–Kier alpha value is -5.00. The fourth-order valence-electron chi connectivity index (χ4n) is 15.0. The summed E-state index contributed by atoms with van der Waals surface area (Å²) in [6, 6.07) is 29.7. The molecule has 0 saturated heterocycles. The molecule has 0 spiro atoms. The molecule has 7 aromatic rings. The lowest BCUT2D eigenvalue weighted by atomic mass is 9.35. The van der Waals surface area contributed by atoms with E-state index in [4.69, 9.17) is 4.42 Å². The Bertz CT molecular complexity index is 3590. The van der Waals surface area contributed by atoms with Crippen molar-refractivity contribution in [3.63, 3.8) is 0 Å². The van der Waals surface area contributed by atoms with Crippen molar-refractivity contribution in [2.45, 2.75) is 189 Å². The lowest BCUT2D eigenvalue weighted by molar-refractivity contribution is 0.256. The molecule has 3 nitrogen and oxygen atoms in total. The Balaban J connectivity index is 1.16. The zero-order chi connectivity index (χ0) is 50.8. The van der Waals surface area contributed by atoms with Crippen LogP contribution in [0.15, 0.2) is 101 Å². The molecule has 4 aliphatic carbocycles. The smallest absolute Gasteiger partial charge is 0.264 e. The van der Waals surface area contributed by atoms with Crippen LogP contribution >= 0.6 is 11.3 Å². The van der Waals surface area contributed by atoms with Crippen molar-refractivity contribution in [1.29, 1.82) is 0 Å². The Kier molecular flexibility index (Phi) is 9.51. The molecule has 1 unspecified atom stereocenters. The minimum atomic E-state index is -0.0747. The van der Waals surface area contributed by atoms with Gasteiger partial charge in [0.15, 0.2) is 0 Å². The molecule has 1 saturated carbocycles. The number of hydrogen-bond acceptors (Lipinski definition) is 4. The van der Waals surface area contributed by atoms with Gasteiger partial charge in [0.2, 0.25) is 0 Å². The number of thiophene rings is 1. The third-order valence-electron chi connectivity index (χ3n) is 19.7. The van der Waals surface area contributed by atoms with Gasteiger partial charge >= 0.3 is 0 Å². The maximum Gasteiger partial charge on any atom is 0.264 e. The SMILES string of the molecule is Cc1cc2c3c(c1)N(C1C=C4C(=CC1)C(C)(C)CCC4(C)C)c1c(sc4cc5c(cc14)C(C)(C)CCC5(C)C)B3c1cc3c(cc1N2c1cccc2oc4c(C(C)(C)C)cccc4c12)C(C)(C)CCC3(C)C. The number of aryl methyl sites for hydroxylation is 1. The zero-order valence-electron chi connectivity index (χ0n) is 46.4. The quantitative estimate of drug-likeness (QED) is 0.161. The molecule has 0 amide bonds. The summed E-state index contributed by atoms with van der Waals surface area (Å²) in [7, 11) is 0. The van der Waals surface area contributed by atoms with E-state index >= 15 is 0 Å². The molecule has 2 aromatic heterocycles. The molecule has 0 N–H and O–H groups in total. The topological polar surface area (TPSA) is 19.6 Å². The average molecular weight is 969 g/mol. The fourth-order valence-corrected chi connectivity index (χ4v) is 16.3. The van der Waals surface area contributed by atoms with E-state index in [1.54, 1.807) is 22.3 Å². The molecule has 2 aliphatic heterocycles. The number of hydrogen-bond donors (Lipinski definition) is 0. The minimum Gasteiger partial charge on any atom is -0.456 e. The molecule has 0 bridgehead atoms. The first-order chi connectivity index (χ1) is 33.7. The van der Waals surface area contributed by atoms with Crippen molar-refractivity contribution in [3.05, 3.63) is 129 Å². The predicted octanol–water partition coefficient (Wildman–Crippen LogP) is 17.3. The van der Waals surface area contributed by atoms with Crippen LogP contribution in [0.4, 0.5) is 28.4 Å². The van der Waals surface area contributed by atoms with Gasteiger partial charge in [-0.1, -0.05) is 146 Å². The van der Waals surface area contributed by atoms with E-state index in [1.165, 1.54) is 126 Å². The highest BCUT2D eigenvalue weighted by Gasteiger charge is 2.51. The van der Waals surface area contributed by atoms with Crippen LogP contribution in [0.1, 0.15) is 182 Å². The van der Waals surface area contributed by atoms with Gasteiger partial charge < -0.3 is 14.2 Å². The highest BCUT2D eigenvalue weighted by atomic mass is 32.1. The van der Waals surface area contributed by atoms with E-state index < -0.39 is 0 Å². The second-order valence-corrected chi connectivity index (χ2v) is 29.6. The molecule has 4 heterocycles. The van der Waals surface area contributed by atoms with Gasteiger partial charge in [0.1, 0.15) is 11.2 Å². The van der Waals surface area contributed by atoms with Crippen LogP contribution in [0.2, 0.25) is 0 Å². The number of para-hydroxylation sites is 1. The van der Waals surface area contributed by atoms with Gasteiger partial charge in [-0.15, -0.1) is 11.3 Å². The summed E-state index contributed by atoms with van der Waals surface area (Å²) < 4.78 is 9.99. The van der Waals surface area contributed by atoms with Gasteiger partial charge in [-0.3, -0.25) is 0 Å². The normalized spacial score (nSPS) is 22.7. The van der Waals surface area contributed by atoms with Crippen molar-refractivity contribution in [1.82, 2.24) is 0 Å². The predicted molar refractivity (Wildman–Crippen MR) is 312 cm³/mol. The second-order valence-electron chi connectivity index (χ2n) is 28.5. The average Bonchev–Trinajstić information content (AvgIpc) is 3.88. The molecule has 1 fully saturated rings. The number of furan rings is 1. The van der Waals surface area contributed by atoms with Crippen molar-refractivity contribution < 1.29 is 4.42 Å². The van der Waals surface area contributed by atoms with E-state index in [-0.39, 0.29) is 50.7 Å². The van der Waals surface area contributed by atoms with Gasteiger partial charge in [0.05, 0.1) is 22.8 Å². The number of rotatable bonds is 2. The molecular formula is C67H77BN2OS. The first kappa shape index (κ1) is 46.8. The van der Waals surface area contributed by atoms with Crippen LogP contribution in [0.5, 0.6) is 0 Å². The van der Waals surface area contributed by atoms with Crippen LogP contribution in [0.25, 0.3) is 32.0 Å². The third kappa shape index (κ3) is 6.46. The molecule has 6 aliphatic rings. The van der Waals surface area contributed by atoms with Crippen LogP contribution in [0, 0.1) is 17.8 Å². The van der Waals surface area contributed by atoms with Gasteiger partial charge in [0.25, 0.3) is 6.71 Å². The molecule has 13 rings (SSSR count). The summed E-state index contributed by atoms with van der Waals surface area (Å²) in [6.07, 6.45) is 13.6. The summed E-state index contributed by atoms with van der Waals surface area (Å²) in [4.78, 5) is 5.60. The van der Waals surface area contributed by atoms with E-state index in [2.05, 4.69) is 217 Å². The van der Waals surface area contributed by atoms with E-state index in [9.17, 15) is 0 Å². The minimum absolute atomic E-state index is 0.0344. The lowest BCUT2D eigenvalue weighted by Gasteiger charge is -2.50. The highest BCUT2D eigenvalue weighted by Crippen LogP contribution is 2.58. The summed E-state index contributed by atoms with van der Waals surface area (Å²) in [6.45, 7) is 39.3. The van der Waals surface area contributed by atoms with Crippen molar-refractivity contribution in [3.8, 4) is 0 Å². The molecule has 370 valence electrons. The van der Waals surface area contributed by atoms with Crippen LogP contribution in [-0.4, -0.2) is 12.8 Å². The maximum absolute atomic E-state index is 7.05. The summed E-state index contributed by atoms with van der Waals surface area (Å²) in [5, 5.41) is 3.83. The van der Waals surface area contributed by atoms with Crippen molar-refractivity contribution in [2.75, 3.05) is 9.80 Å². The Labute approximate surface area is 435 Å². The van der Waals surface area contributed by atoms with Gasteiger partial charge in [0, 0.05) is 42.9 Å². The maximum atomic E-state index is 7.05. The second kappa shape index (κ2) is 14.6. The van der Waals surface area contributed by atoms with Gasteiger partial charge in [-0.25, -0.2) is 0 Å². The van der Waals surface area contributed by atoms with E-state index in [0.717, 1.165) is 17.6 Å². The summed E-state index contributed by atoms with van der Waals surface area (Å²) in [5.41, 5.74) is 23.8. The van der Waals surface area contributed by atoms with Crippen molar-refractivity contribution in [2.24, 2.45) is 10.8 Å². The van der Waals surface area contributed by atoms with Gasteiger partial charge in [-0.05, 0) is 182 Å². The Morgan fingerprint density at radius 1 is 0.597 bits per heavy atom. The number of nitrogens with zero attached hydrogens (tertiary/aromatic N) is 2. The lowest BCUT2D eigenvalue weighted by Crippen LogP contribution is -2.62. The molecular weight excluding hydrogens is 892 g/mol. The molecule has 1 atom stereocenters.